The lowest BCUT2D eigenvalue weighted by Crippen LogP contribution is -2.00. The van der Waals surface area contributed by atoms with Crippen molar-refractivity contribution in [2.75, 3.05) is 0 Å². The van der Waals surface area contributed by atoms with Gasteiger partial charge in [-0.3, -0.25) is 4.79 Å². The third-order valence-electron chi connectivity index (χ3n) is 6.58. The van der Waals surface area contributed by atoms with E-state index >= 15 is 0 Å². The highest BCUT2D eigenvalue weighted by atomic mass is 16.5. The van der Waals surface area contributed by atoms with Crippen molar-refractivity contribution >= 4 is 27.7 Å². The summed E-state index contributed by atoms with van der Waals surface area (Å²) in [4.78, 5) is 26.0. The number of benzene rings is 3. The first kappa shape index (κ1) is 21.8. The number of fused-ring (bicyclic) bond motifs is 3. The molecule has 0 radical (unpaired) electrons. The normalized spacial score (nSPS) is 11.4. The van der Waals surface area contributed by atoms with Gasteiger partial charge in [0, 0.05) is 28.6 Å². The van der Waals surface area contributed by atoms with Gasteiger partial charge in [0.2, 0.25) is 5.76 Å². The number of furan rings is 1. The highest BCUT2D eigenvalue weighted by Gasteiger charge is 2.28. The molecule has 3 aromatic heterocycles. The van der Waals surface area contributed by atoms with Gasteiger partial charge in [-0.15, -0.1) is 0 Å². The van der Waals surface area contributed by atoms with Crippen molar-refractivity contribution < 1.29 is 18.2 Å². The van der Waals surface area contributed by atoms with Crippen LogP contribution in [0.25, 0.3) is 44.3 Å². The number of aryl methyl sites for hydroxylation is 3. The Hall–Kier alpha value is -4.71. The number of nitrogens with zero attached hydrogens (tertiary/aromatic N) is 1. The minimum atomic E-state index is -0.464. The molecule has 0 saturated heterocycles. The van der Waals surface area contributed by atoms with Gasteiger partial charge in [-0.1, -0.05) is 47.6 Å². The van der Waals surface area contributed by atoms with Crippen molar-refractivity contribution in [2.24, 2.45) is 0 Å². The lowest BCUT2D eigenvalue weighted by atomic mass is 9.97. The maximum Gasteiger partial charge on any atom is 0.336 e. The fraction of sp³-hybridized carbons (Fsp3) is 0.100. The van der Waals surface area contributed by atoms with E-state index in [-0.39, 0.29) is 11.5 Å². The molecule has 0 unspecified atom stereocenters. The summed E-state index contributed by atoms with van der Waals surface area (Å²) in [6.45, 7) is 5.91. The molecule has 0 saturated carbocycles. The summed E-state index contributed by atoms with van der Waals surface area (Å²) in [5.41, 5.74) is 6.14. The molecule has 0 fully saturated rings. The van der Waals surface area contributed by atoms with E-state index in [1.54, 1.807) is 12.1 Å². The third kappa shape index (κ3) is 3.46. The number of hydrogen-bond acceptors (Lipinski definition) is 6. The second-order valence-electron chi connectivity index (χ2n) is 8.94. The highest BCUT2D eigenvalue weighted by Crippen LogP contribution is 2.40. The molecule has 6 nitrogen and oxygen atoms in total. The molecule has 36 heavy (non-hydrogen) atoms. The highest BCUT2D eigenvalue weighted by molar-refractivity contribution is 6.19. The van der Waals surface area contributed by atoms with Crippen LogP contribution >= 0.6 is 0 Å². The van der Waals surface area contributed by atoms with E-state index in [0.717, 1.165) is 27.6 Å². The van der Waals surface area contributed by atoms with Crippen LogP contribution < -0.4 is 5.63 Å². The third-order valence-corrected chi connectivity index (χ3v) is 6.58. The SMILES string of the molecule is Cc1ccc(-c2cc(C(=O)c3oc4ccc5c(C)cc(=O)oc5c4c3-c3ccccc3)on2)cc1C. The van der Waals surface area contributed by atoms with E-state index in [1.807, 2.05) is 75.4 Å². The Labute approximate surface area is 205 Å². The monoisotopic (exact) mass is 475 g/mol. The first-order valence-corrected chi connectivity index (χ1v) is 11.5. The van der Waals surface area contributed by atoms with Gasteiger partial charge in [-0.05, 0) is 61.2 Å². The van der Waals surface area contributed by atoms with E-state index in [9.17, 15) is 9.59 Å². The zero-order valence-electron chi connectivity index (χ0n) is 19.9. The number of rotatable bonds is 4. The summed E-state index contributed by atoms with van der Waals surface area (Å²) < 4.78 is 17.2. The molecule has 0 aliphatic rings. The number of carbonyl (C=O) groups excluding carboxylic acids is 1. The second kappa shape index (κ2) is 8.20. The molecular weight excluding hydrogens is 454 g/mol. The molecule has 6 heteroatoms. The van der Waals surface area contributed by atoms with Gasteiger partial charge in [0.05, 0.1) is 5.39 Å². The van der Waals surface area contributed by atoms with Gasteiger partial charge < -0.3 is 13.4 Å². The molecule has 0 bridgehead atoms. The van der Waals surface area contributed by atoms with E-state index in [4.69, 9.17) is 13.4 Å². The summed E-state index contributed by atoms with van der Waals surface area (Å²) in [5.74, 6) is -0.298. The van der Waals surface area contributed by atoms with Crippen molar-refractivity contribution in [2.45, 2.75) is 20.8 Å². The lowest BCUT2D eigenvalue weighted by molar-refractivity contribution is 0.0977. The van der Waals surface area contributed by atoms with Crippen LogP contribution in [-0.4, -0.2) is 10.9 Å². The predicted molar refractivity (Wildman–Crippen MR) is 137 cm³/mol. The van der Waals surface area contributed by atoms with Crippen molar-refractivity contribution in [3.63, 3.8) is 0 Å². The molecule has 3 aromatic carbocycles. The molecule has 0 spiro atoms. The molecule has 0 N–H and O–H groups in total. The van der Waals surface area contributed by atoms with E-state index in [1.165, 1.54) is 11.6 Å². The number of carbonyl (C=O) groups is 1. The lowest BCUT2D eigenvalue weighted by Gasteiger charge is -2.04. The Kier molecular flexibility index (Phi) is 4.97. The summed E-state index contributed by atoms with van der Waals surface area (Å²) >= 11 is 0. The average Bonchev–Trinajstić information content (AvgIpc) is 3.51. The van der Waals surface area contributed by atoms with Crippen molar-refractivity contribution in [1.82, 2.24) is 5.16 Å². The van der Waals surface area contributed by atoms with Crippen LogP contribution in [0.2, 0.25) is 0 Å². The van der Waals surface area contributed by atoms with Gasteiger partial charge in [0.25, 0.3) is 5.78 Å². The Balaban J connectivity index is 1.57. The van der Waals surface area contributed by atoms with Crippen LogP contribution in [0.4, 0.5) is 0 Å². The van der Waals surface area contributed by atoms with Gasteiger partial charge in [-0.25, -0.2) is 4.79 Å². The Morgan fingerprint density at radius 1 is 0.778 bits per heavy atom. The van der Waals surface area contributed by atoms with Gasteiger partial charge in [-0.2, -0.15) is 0 Å². The zero-order chi connectivity index (χ0) is 25.0. The number of aromatic nitrogens is 1. The zero-order valence-corrected chi connectivity index (χ0v) is 19.9. The minimum Gasteiger partial charge on any atom is -0.452 e. The predicted octanol–water partition coefficient (Wildman–Crippen LogP) is 7.02. The van der Waals surface area contributed by atoms with Crippen LogP contribution in [0.1, 0.15) is 33.0 Å². The van der Waals surface area contributed by atoms with E-state index in [0.29, 0.717) is 27.8 Å². The Bertz CT molecular complexity index is 1850. The minimum absolute atomic E-state index is 0.0569. The molecule has 0 atom stereocenters. The molecule has 6 rings (SSSR count). The summed E-state index contributed by atoms with van der Waals surface area (Å²) in [7, 11) is 0. The number of ketones is 1. The Morgan fingerprint density at radius 2 is 1.58 bits per heavy atom. The molecule has 0 amide bonds. The quantitative estimate of drug-likeness (QED) is 0.201. The van der Waals surface area contributed by atoms with Gasteiger partial charge in [0.15, 0.2) is 5.76 Å². The summed E-state index contributed by atoms with van der Waals surface area (Å²) in [5, 5.41) is 5.48. The van der Waals surface area contributed by atoms with Crippen LogP contribution in [0.5, 0.6) is 0 Å². The fourth-order valence-electron chi connectivity index (χ4n) is 4.53. The van der Waals surface area contributed by atoms with Crippen LogP contribution in [0.15, 0.2) is 90.9 Å². The van der Waals surface area contributed by atoms with Crippen LogP contribution in [0, 0.1) is 20.8 Å². The molecule has 6 aromatic rings. The molecule has 176 valence electrons. The number of hydrogen-bond donors (Lipinski definition) is 0. The smallest absolute Gasteiger partial charge is 0.336 e. The first-order chi connectivity index (χ1) is 17.4. The van der Waals surface area contributed by atoms with E-state index in [2.05, 4.69) is 5.16 Å². The maximum absolute atomic E-state index is 13.7. The van der Waals surface area contributed by atoms with Gasteiger partial charge >= 0.3 is 5.63 Å². The largest absolute Gasteiger partial charge is 0.452 e. The summed E-state index contributed by atoms with van der Waals surface area (Å²) in [6, 6.07) is 22.1. The Morgan fingerprint density at radius 3 is 2.36 bits per heavy atom. The average molecular weight is 476 g/mol. The molecule has 3 heterocycles. The maximum atomic E-state index is 13.7. The van der Waals surface area contributed by atoms with Crippen molar-refractivity contribution in [1.29, 1.82) is 0 Å². The first-order valence-electron chi connectivity index (χ1n) is 11.5. The van der Waals surface area contributed by atoms with E-state index < -0.39 is 11.4 Å². The van der Waals surface area contributed by atoms with Crippen molar-refractivity contribution in [3.8, 4) is 22.4 Å². The molecule has 0 aliphatic carbocycles. The molecule has 0 aliphatic heterocycles. The summed E-state index contributed by atoms with van der Waals surface area (Å²) in [6.07, 6.45) is 0. The van der Waals surface area contributed by atoms with Crippen LogP contribution in [-0.2, 0) is 0 Å². The molecular formula is C30H21NO5. The fourth-order valence-corrected chi connectivity index (χ4v) is 4.53. The van der Waals surface area contributed by atoms with Crippen molar-refractivity contribution in [3.05, 3.63) is 111 Å². The second-order valence-corrected chi connectivity index (χ2v) is 8.94. The topological polar surface area (TPSA) is 86.5 Å². The van der Waals surface area contributed by atoms with Gasteiger partial charge in [0.1, 0.15) is 16.9 Å². The van der Waals surface area contributed by atoms with Crippen LogP contribution in [0.3, 0.4) is 0 Å². The standard InChI is InChI=1S/C30H21NO5/c1-16-9-10-20(13-17(16)2)22-15-24(36-31-22)28(33)30-26(19-7-5-4-6-8-19)27-23(34-30)12-11-21-18(3)14-25(32)35-29(21)27/h4-15H,1-3H3.